The molecule has 8 heteroatoms. The third-order valence-electron chi connectivity index (χ3n) is 5.92. The van der Waals surface area contributed by atoms with Gasteiger partial charge in [-0.05, 0) is 55.4 Å². The van der Waals surface area contributed by atoms with Gasteiger partial charge in [-0.3, -0.25) is 19.1 Å². The molecule has 1 unspecified atom stereocenters. The molecule has 1 aliphatic rings. The van der Waals surface area contributed by atoms with Crippen molar-refractivity contribution in [1.82, 2.24) is 14.5 Å². The van der Waals surface area contributed by atoms with E-state index in [0.29, 0.717) is 17.6 Å². The van der Waals surface area contributed by atoms with E-state index >= 15 is 0 Å². The molecular formula is C24H24N4O2S2. The van der Waals surface area contributed by atoms with Crippen molar-refractivity contribution < 1.29 is 4.79 Å². The number of benzene rings is 1. The second-order valence-electron chi connectivity index (χ2n) is 8.52. The first kappa shape index (κ1) is 21.0. The maximum Gasteiger partial charge on any atom is 0.262 e. The molecule has 1 amide bonds. The molecule has 0 saturated carbocycles. The number of thiophene rings is 1. The molecule has 0 aliphatic heterocycles. The lowest BCUT2D eigenvalue weighted by Gasteiger charge is -2.18. The minimum Gasteiger partial charge on any atom is -0.293 e. The molecule has 1 atom stereocenters. The molecule has 3 heterocycles. The molecule has 6 nitrogen and oxygen atoms in total. The molecule has 0 bridgehead atoms. The fourth-order valence-electron chi connectivity index (χ4n) is 4.32. The minimum absolute atomic E-state index is 0.00119. The maximum atomic E-state index is 13.3. The van der Waals surface area contributed by atoms with Crippen LogP contribution in [0.3, 0.4) is 0 Å². The van der Waals surface area contributed by atoms with Gasteiger partial charge in [0.25, 0.3) is 5.56 Å². The van der Waals surface area contributed by atoms with Crippen LogP contribution >= 0.6 is 22.7 Å². The van der Waals surface area contributed by atoms with Crippen molar-refractivity contribution in [3.8, 4) is 0 Å². The molecular weight excluding hydrogens is 440 g/mol. The second kappa shape index (κ2) is 8.26. The maximum absolute atomic E-state index is 13.3. The van der Waals surface area contributed by atoms with E-state index in [1.807, 2.05) is 36.6 Å². The Morgan fingerprint density at radius 3 is 2.97 bits per heavy atom. The number of amides is 1. The Bertz CT molecular complexity index is 1380. The number of anilines is 2. The van der Waals surface area contributed by atoms with Crippen molar-refractivity contribution in [3.63, 3.8) is 0 Å². The molecule has 5 rings (SSSR count). The lowest BCUT2D eigenvalue weighted by Crippen LogP contribution is -2.23. The van der Waals surface area contributed by atoms with Crippen LogP contribution in [0.5, 0.6) is 0 Å². The molecule has 0 radical (unpaired) electrons. The van der Waals surface area contributed by atoms with Crippen molar-refractivity contribution in [2.75, 3.05) is 4.90 Å². The monoisotopic (exact) mass is 464 g/mol. The van der Waals surface area contributed by atoms with E-state index in [1.54, 1.807) is 27.1 Å². The van der Waals surface area contributed by atoms with Crippen LogP contribution in [0, 0.1) is 12.8 Å². The highest BCUT2D eigenvalue weighted by Crippen LogP contribution is 2.35. The number of rotatable bonds is 4. The summed E-state index contributed by atoms with van der Waals surface area (Å²) in [5.74, 6) is 0.555. The van der Waals surface area contributed by atoms with Gasteiger partial charge in [0.15, 0.2) is 5.13 Å². The standard InChI is InChI=1S/C24H24N4O2S2/c1-14-5-4-6-18(9-14)28(16(3)29)24-26-17(12-31-24)11-27-13-25-22-21(23(27)30)19-8-7-15(2)10-20(19)32-22/h4-6,9,12-13,15H,7-8,10-11H2,1-3H3. The third-order valence-corrected chi connectivity index (χ3v) is 7.96. The fraction of sp³-hybridized carbons (Fsp3) is 0.333. The van der Waals surface area contributed by atoms with E-state index in [2.05, 4.69) is 16.9 Å². The topological polar surface area (TPSA) is 68.1 Å². The summed E-state index contributed by atoms with van der Waals surface area (Å²) in [4.78, 5) is 38.7. The largest absolute Gasteiger partial charge is 0.293 e. The predicted molar refractivity (Wildman–Crippen MR) is 130 cm³/mol. The number of hydrogen-bond acceptors (Lipinski definition) is 6. The highest BCUT2D eigenvalue weighted by atomic mass is 32.1. The van der Waals surface area contributed by atoms with Crippen LogP contribution in [0.15, 0.2) is 40.8 Å². The molecule has 1 aromatic carbocycles. The summed E-state index contributed by atoms with van der Waals surface area (Å²) >= 11 is 3.06. The third kappa shape index (κ3) is 3.78. The summed E-state index contributed by atoms with van der Waals surface area (Å²) in [6.07, 6.45) is 4.72. The Hall–Kier alpha value is -2.84. The zero-order valence-electron chi connectivity index (χ0n) is 18.3. The number of nitrogens with zero attached hydrogens (tertiary/aromatic N) is 4. The van der Waals surface area contributed by atoms with Gasteiger partial charge in [-0.25, -0.2) is 9.97 Å². The Morgan fingerprint density at radius 2 is 2.19 bits per heavy atom. The first-order valence-electron chi connectivity index (χ1n) is 10.7. The summed E-state index contributed by atoms with van der Waals surface area (Å²) in [5.41, 5.74) is 3.79. The Kier molecular flexibility index (Phi) is 5.43. The predicted octanol–water partition coefficient (Wildman–Crippen LogP) is 5.08. The van der Waals surface area contributed by atoms with Crippen molar-refractivity contribution in [2.24, 2.45) is 5.92 Å². The average Bonchev–Trinajstić information content (AvgIpc) is 3.34. The van der Waals surface area contributed by atoms with Crippen molar-refractivity contribution in [1.29, 1.82) is 0 Å². The molecule has 3 aromatic heterocycles. The van der Waals surface area contributed by atoms with E-state index in [1.165, 1.54) is 28.7 Å². The average molecular weight is 465 g/mol. The van der Waals surface area contributed by atoms with Gasteiger partial charge in [-0.2, -0.15) is 0 Å². The molecule has 164 valence electrons. The zero-order chi connectivity index (χ0) is 22.4. The summed E-state index contributed by atoms with van der Waals surface area (Å²) < 4.78 is 1.64. The molecule has 0 spiro atoms. The Morgan fingerprint density at radius 1 is 1.34 bits per heavy atom. The Balaban J connectivity index is 1.47. The SMILES string of the molecule is CC(=O)N(c1cccc(C)c1)c1nc(Cn2cnc3sc4c(c3c2=O)CCC(C)C4)cs1. The summed E-state index contributed by atoms with van der Waals surface area (Å²) in [6, 6.07) is 7.79. The zero-order valence-corrected chi connectivity index (χ0v) is 19.9. The number of hydrogen-bond donors (Lipinski definition) is 0. The molecule has 0 saturated heterocycles. The second-order valence-corrected chi connectivity index (χ2v) is 10.4. The molecule has 32 heavy (non-hydrogen) atoms. The van der Waals surface area contributed by atoms with Crippen LogP contribution in [0.1, 0.15) is 42.0 Å². The van der Waals surface area contributed by atoms with E-state index in [9.17, 15) is 9.59 Å². The number of aromatic nitrogens is 3. The van der Waals surface area contributed by atoms with Gasteiger partial charge < -0.3 is 0 Å². The van der Waals surface area contributed by atoms with Crippen molar-refractivity contribution in [3.05, 3.63) is 68.0 Å². The van der Waals surface area contributed by atoms with E-state index in [0.717, 1.165) is 46.4 Å². The number of thiazole rings is 1. The quantitative estimate of drug-likeness (QED) is 0.422. The lowest BCUT2D eigenvalue weighted by atomic mass is 9.89. The van der Waals surface area contributed by atoms with E-state index < -0.39 is 0 Å². The summed E-state index contributed by atoms with van der Waals surface area (Å²) in [5, 5.41) is 3.28. The van der Waals surface area contributed by atoms with Gasteiger partial charge in [0.2, 0.25) is 5.91 Å². The van der Waals surface area contributed by atoms with Gasteiger partial charge >= 0.3 is 0 Å². The lowest BCUT2D eigenvalue weighted by molar-refractivity contribution is -0.115. The van der Waals surface area contributed by atoms with Crippen LogP contribution in [0.25, 0.3) is 10.2 Å². The number of carbonyl (C=O) groups is 1. The summed E-state index contributed by atoms with van der Waals surface area (Å²) in [6.45, 7) is 6.12. The molecule has 1 aliphatic carbocycles. The first-order valence-corrected chi connectivity index (χ1v) is 12.4. The van der Waals surface area contributed by atoms with Crippen LogP contribution in [0.4, 0.5) is 10.8 Å². The highest BCUT2D eigenvalue weighted by molar-refractivity contribution is 7.18. The van der Waals surface area contributed by atoms with E-state index in [4.69, 9.17) is 0 Å². The van der Waals surface area contributed by atoms with Crippen molar-refractivity contribution >= 4 is 49.6 Å². The van der Waals surface area contributed by atoms with Crippen LogP contribution in [-0.2, 0) is 24.2 Å². The Labute approximate surface area is 194 Å². The number of aryl methyl sites for hydroxylation is 2. The van der Waals surface area contributed by atoms with E-state index in [-0.39, 0.29) is 11.5 Å². The fourth-order valence-corrected chi connectivity index (χ4v) is 6.54. The van der Waals surface area contributed by atoms with Crippen molar-refractivity contribution in [2.45, 2.75) is 46.6 Å². The summed E-state index contributed by atoms with van der Waals surface area (Å²) in [7, 11) is 0. The molecule has 4 aromatic rings. The first-order chi connectivity index (χ1) is 15.4. The van der Waals surface area contributed by atoms with Gasteiger partial charge in [-0.15, -0.1) is 22.7 Å². The van der Waals surface area contributed by atoms with Gasteiger partial charge in [0.05, 0.1) is 29.6 Å². The van der Waals surface area contributed by atoms with Gasteiger partial charge in [-0.1, -0.05) is 19.1 Å². The molecule has 0 fully saturated rings. The minimum atomic E-state index is -0.101. The van der Waals surface area contributed by atoms with Crippen LogP contribution in [-0.4, -0.2) is 20.4 Å². The molecule has 0 N–H and O–H groups in total. The van der Waals surface area contributed by atoms with Gasteiger partial charge in [0, 0.05) is 17.2 Å². The number of fused-ring (bicyclic) bond motifs is 3. The smallest absolute Gasteiger partial charge is 0.262 e. The van der Waals surface area contributed by atoms with Crippen LogP contribution in [0.2, 0.25) is 0 Å². The van der Waals surface area contributed by atoms with Crippen LogP contribution < -0.4 is 10.5 Å². The highest BCUT2D eigenvalue weighted by Gasteiger charge is 2.24. The normalized spacial score (nSPS) is 15.7. The number of carbonyl (C=O) groups excluding carboxylic acids is 1. The van der Waals surface area contributed by atoms with Gasteiger partial charge in [0.1, 0.15) is 4.83 Å².